The number of anilines is 1. The largest absolute Gasteiger partial charge is 0.391 e. The van der Waals surface area contributed by atoms with Crippen molar-refractivity contribution in [1.29, 1.82) is 0 Å². The van der Waals surface area contributed by atoms with Gasteiger partial charge in [0.05, 0.1) is 6.10 Å². The van der Waals surface area contributed by atoms with E-state index in [9.17, 15) is 5.11 Å². The van der Waals surface area contributed by atoms with Crippen molar-refractivity contribution >= 4 is 5.69 Å². The molecule has 1 fully saturated rings. The second kappa shape index (κ2) is 4.34. The Balaban J connectivity index is 2.19. The highest BCUT2D eigenvalue weighted by atomic mass is 16.3. The first-order valence-corrected chi connectivity index (χ1v) is 6.40. The van der Waals surface area contributed by atoms with E-state index in [0.717, 1.165) is 19.5 Å². The van der Waals surface area contributed by atoms with Crippen molar-refractivity contribution in [3.63, 3.8) is 0 Å². The van der Waals surface area contributed by atoms with Crippen molar-refractivity contribution in [3.8, 4) is 0 Å². The number of piperidine rings is 1. The molecule has 1 atom stereocenters. The van der Waals surface area contributed by atoms with E-state index in [1.54, 1.807) is 0 Å². The van der Waals surface area contributed by atoms with Gasteiger partial charge in [-0.05, 0) is 37.3 Å². The monoisotopic (exact) mass is 233 g/mol. The number of β-amino-alcohol motifs (C(OH)–C–C–N with tert-alkyl or cyclic N) is 1. The third-order valence-corrected chi connectivity index (χ3v) is 4.01. The molecule has 1 saturated heterocycles. The van der Waals surface area contributed by atoms with Crippen LogP contribution in [0.1, 0.15) is 31.4 Å². The molecular formula is C15H23NO. The molecule has 2 rings (SSSR count). The van der Waals surface area contributed by atoms with E-state index in [1.165, 1.54) is 16.8 Å². The maximum atomic E-state index is 10.2. The summed E-state index contributed by atoms with van der Waals surface area (Å²) < 4.78 is 0. The van der Waals surface area contributed by atoms with Crippen LogP contribution in [0, 0.1) is 19.3 Å². The fourth-order valence-electron chi connectivity index (χ4n) is 2.52. The first kappa shape index (κ1) is 12.4. The van der Waals surface area contributed by atoms with Crippen LogP contribution in [0.4, 0.5) is 5.69 Å². The quantitative estimate of drug-likeness (QED) is 0.806. The number of rotatable bonds is 1. The molecule has 0 aromatic heterocycles. The summed E-state index contributed by atoms with van der Waals surface area (Å²) in [6.45, 7) is 10.3. The minimum Gasteiger partial charge on any atom is -0.391 e. The summed E-state index contributed by atoms with van der Waals surface area (Å²) >= 11 is 0. The Bertz CT molecular complexity index is 411. The van der Waals surface area contributed by atoms with Gasteiger partial charge in [-0.2, -0.15) is 0 Å². The van der Waals surface area contributed by atoms with Crippen LogP contribution in [-0.4, -0.2) is 24.3 Å². The average Bonchev–Trinajstić information content (AvgIpc) is 2.23. The molecule has 1 aromatic rings. The molecule has 1 heterocycles. The van der Waals surface area contributed by atoms with E-state index < -0.39 is 0 Å². The number of hydrogen-bond donors (Lipinski definition) is 1. The summed E-state index contributed by atoms with van der Waals surface area (Å²) in [5.74, 6) is 0. The zero-order valence-corrected chi connectivity index (χ0v) is 11.3. The molecule has 94 valence electrons. The van der Waals surface area contributed by atoms with E-state index in [0.29, 0.717) is 0 Å². The highest BCUT2D eigenvalue weighted by molar-refractivity contribution is 5.54. The van der Waals surface area contributed by atoms with Crippen molar-refractivity contribution in [2.75, 3.05) is 18.0 Å². The predicted molar refractivity (Wildman–Crippen MR) is 72.5 cm³/mol. The number of aliphatic hydroxyl groups excluding tert-OH is 1. The Morgan fingerprint density at radius 1 is 1.29 bits per heavy atom. The zero-order valence-electron chi connectivity index (χ0n) is 11.3. The minimum absolute atomic E-state index is 0.0507. The summed E-state index contributed by atoms with van der Waals surface area (Å²) in [5.41, 5.74) is 3.92. The molecule has 0 spiro atoms. The first-order chi connectivity index (χ1) is 7.90. The van der Waals surface area contributed by atoms with Crippen LogP contribution in [0.3, 0.4) is 0 Å². The van der Waals surface area contributed by atoms with Crippen molar-refractivity contribution in [2.45, 2.75) is 40.2 Å². The molecule has 17 heavy (non-hydrogen) atoms. The molecule has 0 radical (unpaired) electrons. The lowest BCUT2D eigenvalue weighted by Gasteiger charge is -2.42. The number of aryl methyl sites for hydroxylation is 2. The van der Waals surface area contributed by atoms with Gasteiger partial charge in [-0.3, -0.25) is 0 Å². The van der Waals surface area contributed by atoms with Gasteiger partial charge in [0, 0.05) is 18.8 Å². The molecule has 2 heteroatoms. The third kappa shape index (κ3) is 2.47. The average molecular weight is 233 g/mol. The van der Waals surface area contributed by atoms with Gasteiger partial charge < -0.3 is 10.0 Å². The van der Waals surface area contributed by atoms with Gasteiger partial charge in [0.15, 0.2) is 0 Å². The van der Waals surface area contributed by atoms with E-state index in [1.807, 2.05) is 0 Å². The number of benzene rings is 1. The minimum atomic E-state index is -0.239. The van der Waals surface area contributed by atoms with Gasteiger partial charge in [0.1, 0.15) is 0 Å². The molecule has 0 aliphatic carbocycles. The maximum Gasteiger partial charge on any atom is 0.0766 e. The zero-order chi connectivity index (χ0) is 12.6. The van der Waals surface area contributed by atoms with E-state index in [4.69, 9.17) is 0 Å². The number of nitrogens with zero attached hydrogens (tertiary/aromatic N) is 1. The van der Waals surface area contributed by atoms with Crippen molar-refractivity contribution in [3.05, 3.63) is 29.3 Å². The summed E-state index contributed by atoms with van der Waals surface area (Å²) in [6, 6.07) is 6.53. The second-order valence-electron chi connectivity index (χ2n) is 5.99. The summed E-state index contributed by atoms with van der Waals surface area (Å²) in [5, 5.41) is 10.2. The summed E-state index contributed by atoms with van der Waals surface area (Å²) in [6.07, 6.45) is 0.804. The van der Waals surface area contributed by atoms with Crippen molar-refractivity contribution in [2.24, 2.45) is 5.41 Å². The molecule has 1 aliphatic rings. The smallest absolute Gasteiger partial charge is 0.0766 e. The highest BCUT2D eigenvalue weighted by Crippen LogP contribution is 2.33. The maximum absolute atomic E-state index is 10.2. The van der Waals surface area contributed by atoms with Crippen molar-refractivity contribution in [1.82, 2.24) is 0 Å². The van der Waals surface area contributed by atoms with Crippen LogP contribution in [0.15, 0.2) is 18.2 Å². The SMILES string of the molecule is Cc1ccc(N2CCC(C)(C)C(O)C2)c(C)c1. The highest BCUT2D eigenvalue weighted by Gasteiger charge is 2.34. The Labute approximate surface area is 104 Å². The van der Waals surface area contributed by atoms with E-state index in [2.05, 4.69) is 50.8 Å². The van der Waals surface area contributed by atoms with Gasteiger partial charge >= 0.3 is 0 Å². The molecule has 0 saturated carbocycles. The molecule has 1 unspecified atom stereocenters. The van der Waals surface area contributed by atoms with E-state index in [-0.39, 0.29) is 11.5 Å². The molecular weight excluding hydrogens is 210 g/mol. The normalized spacial score (nSPS) is 23.8. The lowest BCUT2D eigenvalue weighted by atomic mass is 9.80. The second-order valence-corrected chi connectivity index (χ2v) is 5.99. The molecule has 2 nitrogen and oxygen atoms in total. The lowest BCUT2D eigenvalue weighted by Crippen LogP contribution is -2.48. The van der Waals surface area contributed by atoms with Crippen LogP contribution in [-0.2, 0) is 0 Å². The Morgan fingerprint density at radius 2 is 2.00 bits per heavy atom. The summed E-state index contributed by atoms with van der Waals surface area (Å²) in [7, 11) is 0. The van der Waals surface area contributed by atoms with Gasteiger partial charge in [-0.15, -0.1) is 0 Å². The van der Waals surface area contributed by atoms with Gasteiger partial charge in [0.2, 0.25) is 0 Å². The van der Waals surface area contributed by atoms with Crippen LogP contribution < -0.4 is 4.90 Å². The Hall–Kier alpha value is -1.02. The van der Waals surface area contributed by atoms with Gasteiger partial charge in [-0.25, -0.2) is 0 Å². The Morgan fingerprint density at radius 3 is 2.59 bits per heavy atom. The predicted octanol–water partition coefficient (Wildman–Crippen LogP) is 2.90. The molecule has 0 bridgehead atoms. The van der Waals surface area contributed by atoms with Gasteiger partial charge in [0.25, 0.3) is 0 Å². The van der Waals surface area contributed by atoms with Crippen molar-refractivity contribution < 1.29 is 5.11 Å². The Kier molecular flexibility index (Phi) is 3.17. The van der Waals surface area contributed by atoms with Crippen LogP contribution >= 0.6 is 0 Å². The number of aliphatic hydroxyl groups is 1. The topological polar surface area (TPSA) is 23.5 Å². The molecule has 0 amide bonds. The van der Waals surface area contributed by atoms with Crippen LogP contribution in [0.2, 0.25) is 0 Å². The standard InChI is InChI=1S/C15H23NO/c1-11-5-6-13(12(2)9-11)16-8-7-15(3,4)14(17)10-16/h5-6,9,14,17H,7-8,10H2,1-4H3. The number of hydrogen-bond acceptors (Lipinski definition) is 2. The molecule has 1 N–H and O–H groups in total. The molecule has 1 aliphatic heterocycles. The van der Waals surface area contributed by atoms with Crippen LogP contribution in [0.5, 0.6) is 0 Å². The fraction of sp³-hybridized carbons (Fsp3) is 0.600. The first-order valence-electron chi connectivity index (χ1n) is 6.40. The lowest BCUT2D eigenvalue weighted by molar-refractivity contribution is 0.0351. The molecule has 1 aromatic carbocycles. The van der Waals surface area contributed by atoms with Crippen LogP contribution in [0.25, 0.3) is 0 Å². The third-order valence-electron chi connectivity index (χ3n) is 4.01. The van der Waals surface area contributed by atoms with Gasteiger partial charge in [-0.1, -0.05) is 31.5 Å². The fourth-order valence-corrected chi connectivity index (χ4v) is 2.52. The summed E-state index contributed by atoms with van der Waals surface area (Å²) in [4.78, 5) is 2.31. The van der Waals surface area contributed by atoms with E-state index >= 15 is 0 Å².